The molecule has 162 valence electrons. The van der Waals surface area contributed by atoms with Gasteiger partial charge in [-0.2, -0.15) is 12.5 Å². The fraction of sp³-hybridized carbons (Fsp3) is 0.296. The normalized spacial score (nSPS) is 17.8. The van der Waals surface area contributed by atoms with E-state index in [1.165, 1.54) is 76.3 Å². The van der Waals surface area contributed by atoms with Crippen LogP contribution in [0, 0.1) is 6.92 Å². The number of halogens is 2. The molecule has 1 nitrogen and oxygen atoms in total. The molecule has 3 aromatic carbocycles. The molecule has 1 atom stereocenters. The van der Waals surface area contributed by atoms with Crippen molar-refractivity contribution in [2.75, 3.05) is 0 Å². The molecule has 1 fully saturated rings. The summed E-state index contributed by atoms with van der Waals surface area (Å²) in [5.74, 6) is 1.01. The molecule has 3 aromatic rings. The van der Waals surface area contributed by atoms with Crippen molar-refractivity contribution in [3.63, 3.8) is 0 Å². The minimum atomic E-state index is -0.556. The Hall–Kier alpha value is -1.22. The number of allylic oxidation sites excluding steroid dienone is 1. The van der Waals surface area contributed by atoms with E-state index in [0.717, 1.165) is 0 Å². The van der Waals surface area contributed by atoms with Gasteiger partial charge in [0.2, 0.25) is 0 Å². The van der Waals surface area contributed by atoms with Crippen LogP contribution >= 0.6 is 18.6 Å². The van der Waals surface area contributed by atoms with Crippen molar-refractivity contribution in [2.45, 2.75) is 50.9 Å². The van der Waals surface area contributed by atoms with Crippen LogP contribution in [-0.4, -0.2) is 0 Å². The second-order valence-corrected chi connectivity index (χ2v) is 11.0. The zero-order valence-corrected chi connectivity index (χ0v) is 21.1. The summed E-state index contributed by atoms with van der Waals surface area (Å²) in [6, 6.07) is 20.2. The summed E-state index contributed by atoms with van der Waals surface area (Å²) in [4.78, 5) is 0. The van der Waals surface area contributed by atoms with Crippen LogP contribution in [0.25, 0.3) is 23.0 Å². The largest absolute Gasteiger partial charge is 0.693 e. The second kappa shape index (κ2) is 11.1. The van der Waals surface area contributed by atoms with Gasteiger partial charge < -0.3 is 6.15 Å². The van der Waals surface area contributed by atoms with Crippen LogP contribution in [0.15, 0.2) is 60.2 Å². The van der Waals surface area contributed by atoms with E-state index in [0.29, 0.717) is 11.8 Å². The molecule has 0 aromatic heterocycles. The Morgan fingerprint density at radius 1 is 0.903 bits per heavy atom. The van der Waals surface area contributed by atoms with E-state index >= 15 is 0 Å². The number of fused-ring (bicyclic) bond motifs is 2. The Labute approximate surface area is 203 Å². The number of rotatable bonds is 2. The molecule has 0 aliphatic heterocycles. The van der Waals surface area contributed by atoms with Crippen molar-refractivity contribution in [1.29, 1.82) is 0 Å². The summed E-state index contributed by atoms with van der Waals surface area (Å²) in [6.45, 7) is 6.95. The van der Waals surface area contributed by atoms with Gasteiger partial charge in [0.1, 0.15) is 0 Å². The van der Waals surface area contributed by atoms with E-state index in [9.17, 15) is 0 Å². The fourth-order valence-electron chi connectivity index (χ4n) is 5.45. The fourth-order valence-corrected chi connectivity index (χ4v) is 5.45. The van der Waals surface area contributed by atoms with E-state index < -0.39 is 17.0 Å². The number of nitrogens with two attached hydrogens (primary N) is 1. The van der Waals surface area contributed by atoms with Gasteiger partial charge in [-0.05, 0) is 29.4 Å². The summed E-state index contributed by atoms with van der Waals surface area (Å²) < 4.78 is 0. The molecule has 0 amide bonds. The maximum absolute atomic E-state index is 4.89. The van der Waals surface area contributed by atoms with Crippen LogP contribution in [-0.2, 0) is 17.0 Å². The third-order valence-corrected chi connectivity index (χ3v) is 6.71. The smallest absolute Gasteiger partial charge is 0.693 e. The predicted octanol–water partition coefficient (Wildman–Crippen LogP) is 9.71. The van der Waals surface area contributed by atoms with E-state index in [1.54, 1.807) is 0 Å². The van der Waals surface area contributed by atoms with Gasteiger partial charge in [0, 0.05) is 0 Å². The molecular formula is C27H29Cl2NTi-2. The monoisotopic (exact) mass is 485 g/mol. The number of hydrogen-bond donors (Lipinski definition) is 0. The third kappa shape index (κ3) is 4.92. The topological polar surface area (TPSA) is 33.5 Å². The molecule has 1 unspecified atom stereocenters. The van der Waals surface area contributed by atoms with Gasteiger partial charge >= 0.3 is 35.6 Å². The van der Waals surface area contributed by atoms with Crippen molar-refractivity contribution < 1.29 is 17.0 Å². The summed E-state index contributed by atoms with van der Waals surface area (Å²) in [5.41, 5.74) is 8.46. The number of benzene rings is 3. The Morgan fingerprint density at radius 2 is 1.55 bits per heavy atom. The average Bonchev–Trinajstić information content (AvgIpc) is 3.10. The molecule has 2 aliphatic carbocycles. The van der Waals surface area contributed by atoms with Crippen molar-refractivity contribution in [3.05, 3.63) is 101 Å². The molecule has 0 bridgehead atoms. The quantitative estimate of drug-likeness (QED) is 0.255. The first-order valence-corrected chi connectivity index (χ1v) is 15.1. The maximum atomic E-state index is 4.89. The molecule has 0 radical (unpaired) electrons. The van der Waals surface area contributed by atoms with E-state index in [2.05, 4.69) is 74.5 Å². The molecule has 2 aliphatic rings. The minimum Gasteiger partial charge on any atom is -0.693 e. The van der Waals surface area contributed by atoms with Crippen LogP contribution in [0.1, 0.15) is 78.7 Å². The summed E-state index contributed by atoms with van der Waals surface area (Å²) in [7, 11) is 9.78. The van der Waals surface area contributed by atoms with Crippen molar-refractivity contribution in [3.8, 4) is 0 Å². The van der Waals surface area contributed by atoms with Crippen LogP contribution in [0.3, 0.4) is 0 Å². The molecule has 5 rings (SSSR count). The first-order valence-electron chi connectivity index (χ1n) is 10.8. The van der Waals surface area contributed by atoms with Gasteiger partial charge in [-0.1, -0.05) is 104 Å². The Kier molecular flexibility index (Phi) is 8.73. The van der Waals surface area contributed by atoms with Crippen LogP contribution < -0.4 is 0 Å². The molecule has 4 heteroatoms. The third-order valence-electron chi connectivity index (χ3n) is 6.71. The second-order valence-electron chi connectivity index (χ2n) is 8.44. The predicted molar refractivity (Wildman–Crippen MR) is 133 cm³/mol. The van der Waals surface area contributed by atoms with E-state index in [1.807, 2.05) is 0 Å². The van der Waals surface area contributed by atoms with E-state index in [4.69, 9.17) is 18.6 Å². The van der Waals surface area contributed by atoms with Gasteiger partial charge in [-0.15, -0.1) is 17.2 Å². The molecule has 0 saturated heterocycles. The van der Waals surface area contributed by atoms with Gasteiger partial charge in [-0.25, -0.2) is 0 Å². The van der Waals surface area contributed by atoms with Gasteiger partial charge in [-0.3, -0.25) is 0 Å². The molecule has 2 N–H and O–H groups in total. The minimum absolute atomic E-state index is 0. The zero-order valence-electron chi connectivity index (χ0n) is 18.0. The Balaban J connectivity index is 0.000000645. The Bertz CT molecular complexity index is 1070. The SMILES string of the molecule is [CH2-]c1c(C2C(C)=Cc3ccccc32)cc2ccccc2c1C1CCCCC1.[Cl][Ti][Cl].[NH2-]. The standard InChI is InChI=1S/C27H27.2ClH.H2N.Ti/c1-18-16-21-12-6-8-14-23(21)26(18)25-17-22-13-7-9-15-24(22)27(19(25)2)20-10-4-3-5-11-20;;;;/h6-9,12-17,20,26H,2-5,10-11H2,1H3;2*1H;1H2;/q-1;;;-1;+2/p-2. The molecular weight excluding hydrogens is 457 g/mol. The van der Waals surface area contributed by atoms with Crippen molar-refractivity contribution >= 4 is 35.5 Å². The molecule has 1 saturated carbocycles. The van der Waals surface area contributed by atoms with Gasteiger partial charge in [0.25, 0.3) is 0 Å². The summed E-state index contributed by atoms with van der Waals surface area (Å²) >= 11 is -0.556. The Morgan fingerprint density at radius 3 is 2.29 bits per heavy atom. The molecule has 0 spiro atoms. The summed E-state index contributed by atoms with van der Waals surface area (Å²) in [5, 5.41) is 2.80. The average molecular weight is 486 g/mol. The first-order chi connectivity index (χ1) is 14.7. The molecule has 0 heterocycles. The van der Waals surface area contributed by atoms with Crippen LogP contribution in [0.5, 0.6) is 0 Å². The van der Waals surface area contributed by atoms with Gasteiger partial charge in [0.05, 0.1) is 0 Å². The summed E-state index contributed by atoms with van der Waals surface area (Å²) in [6.07, 6.45) is 9.08. The first kappa shape index (κ1) is 24.4. The molecule has 31 heavy (non-hydrogen) atoms. The maximum Gasteiger partial charge on any atom is -0.693 e. The van der Waals surface area contributed by atoms with Crippen LogP contribution in [0.2, 0.25) is 0 Å². The van der Waals surface area contributed by atoms with Crippen molar-refractivity contribution in [2.24, 2.45) is 0 Å². The van der Waals surface area contributed by atoms with Crippen LogP contribution in [0.4, 0.5) is 0 Å². The van der Waals surface area contributed by atoms with Crippen molar-refractivity contribution in [1.82, 2.24) is 0 Å². The number of hydrogen-bond acceptors (Lipinski definition) is 0. The van der Waals surface area contributed by atoms with E-state index in [-0.39, 0.29) is 6.15 Å². The van der Waals surface area contributed by atoms with Gasteiger partial charge in [0.15, 0.2) is 0 Å². The zero-order chi connectivity index (χ0) is 21.1.